The summed E-state index contributed by atoms with van der Waals surface area (Å²) in [6, 6.07) is 16.3. The van der Waals surface area contributed by atoms with E-state index >= 15 is 0 Å². The Morgan fingerprint density at radius 3 is 2.58 bits per heavy atom. The van der Waals surface area contributed by atoms with Crippen molar-refractivity contribution in [3.63, 3.8) is 0 Å². The second-order valence-electron chi connectivity index (χ2n) is 6.10. The first-order chi connectivity index (χ1) is 11.8. The van der Waals surface area contributed by atoms with Crippen LogP contribution in [0, 0.1) is 0 Å². The Morgan fingerprint density at radius 1 is 1.00 bits per heavy atom. The highest BCUT2D eigenvalue weighted by atomic mass is 16.5. The Labute approximate surface area is 141 Å². The van der Waals surface area contributed by atoms with Gasteiger partial charge in [-0.25, -0.2) is 0 Å². The minimum atomic E-state index is 0.0210. The Balaban J connectivity index is 1.85. The fraction of sp³-hybridized carbons (Fsp3) is 0.250. The van der Waals surface area contributed by atoms with Crippen LogP contribution >= 0.6 is 0 Å². The predicted molar refractivity (Wildman–Crippen MR) is 94.1 cm³/mol. The molecule has 24 heavy (non-hydrogen) atoms. The monoisotopic (exact) mass is 320 g/mol. The second-order valence-corrected chi connectivity index (χ2v) is 6.10. The summed E-state index contributed by atoms with van der Waals surface area (Å²) >= 11 is 0. The highest BCUT2D eigenvalue weighted by molar-refractivity contribution is 5.84. The Hall–Kier alpha value is -2.43. The summed E-state index contributed by atoms with van der Waals surface area (Å²) in [4.78, 5) is 6.51. The molecule has 1 saturated heterocycles. The van der Waals surface area contributed by atoms with Crippen LogP contribution in [-0.2, 0) is 4.74 Å². The maximum Gasteiger partial charge on any atom is 0.121 e. The lowest BCUT2D eigenvalue weighted by molar-refractivity contribution is 0.0236. The standard InChI is InChI=1S/C20H20N2O2/c23-19-13-17-14-21-7-6-16(17)12-18(19)20(15-4-2-1-3-5-15)22-8-10-24-11-9-22/h1-7,12-14,20,23H,8-11H2. The normalized spacial score (nSPS) is 17.0. The molecule has 0 bridgehead atoms. The van der Waals surface area contributed by atoms with Crippen molar-refractivity contribution in [2.24, 2.45) is 0 Å². The average molecular weight is 320 g/mol. The molecule has 0 radical (unpaired) electrons. The molecule has 1 aliphatic rings. The highest BCUT2D eigenvalue weighted by Crippen LogP contribution is 2.37. The van der Waals surface area contributed by atoms with Crippen molar-refractivity contribution in [2.45, 2.75) is 6.04 Å². The summed E-state index contributed by atoms with van der Waals surface area (Å²) in [6.45, 7) is 3.16. The number of pyridine rings is 1. The van der Waals surface area contributed by atoms with Crippen molar-refractivity contribution in [2.75, 3.05) is 26.3 Å². The molecule has 2 aromatic carbocycles. The fourth-order valence-electron chi connectivity index (χ4n) is 3.42. The van der Waals surface area contributed by atoms with E-state index in [-0.39, 0.29) is 6.04 Å². The van der Waals surface area contributed by atoms with Crippen molar-refractivity contribution < 1.29 is 9.84 Å². The van der Waals surface area contributed by atoms with E-state index in [1.54, 1.807) is 12.4 Å². The zero-order valence-corrected chi connectivity index (χ0v) is 13.4. The Kier molecular flexibility index (Phi) is 4.15. The third-order valence-electron chi connectivity index (χ3n) is 4.61. The second kappa shape index (κ2) is 6.59. The number of phenols is 1. The quantitative estimate of drug-likeness (QED) is 0.804. The van der Waals surface area contributed by atoms with Crippen LogP contribution in [0.1, 0.15) is 17.2 Å². The molecule has 4 rings (SSSR count). The first-order valence-electron chi connectivity index (χ1n) is 8.26. The van der Waals surface area contributed by atoms with Crippen molar-refractivity contribution in [1.82, 2.24) is 9.88 Å². The molecular formula is C20H20N2O2. The van der Waals surface area contributed by atoms with Crippen LogP contribution in [0.25, 0.3) is 10.8 Å². The molecule has 4 nitrogen and oxygen atoms in total. The first-order valence-corrected chi connectivity index (χ1v) is 8.26. The number of hydrogen-bond acceptors (Lipinski definition) is 4. The first kappa shape index (κ1) is 15.1. The van der Waals surface area contributed by atoms with Gasteiger partial charge in [-0.05, 0) is 29.1 Å². The molecule has 1 aromatic heterocycles. The Bertz CT molecular complexity index is 829. The summed E-state index contributed by atoms with van der Waals surface area (Å²) in [6.07, 6.45) is 3.57. The number of phenolic OH excluding ortho intramolecular Hbond substituents is 1. The van der Waals surface area contributed by atoms with E-state index in [4.69, 9.17) is 4.74 Å². The summed E-state index contributed by atoms with van der Waals surface area (Å²) in [5.41, 5.74) is 2.12. The molecule has 3 aromatic rings. The number of aromatic hydroxyl groups is 1. The smallest absolute Gasteiger partial charge is 0.121 e. The molecule has 1 unspecified atom stereocenters. The van der Waals surface area contributed by atoms with E-state index in [1.807, 2.05) is 30.3 Å². The number of ether oxygens (including phenoxy) is 1. The summed E-state index contributed by atoms with van der Waals surface area (Å²) in [5, 5.41) is 12.7. The van der Waals surface area contributed by atoms with E-state index < -0.39 is 0 Å². The van der Waals surface area contributed by atoms with Gasteiger partial charge in [0.1, 0.15) is 5.75 Å². The van der Waals surface area contributed by atoms with Gasteiger partial charge in [0.05, 0.1) is 19.3 Å². The van der Waals surface area contributed by atoms with E-state index in [2.05, 4.69) is 28.1 Å². The van der Waals surface area contributed by atoms with Crippen molar-refractivity contribution in [3.05, 3.63) is 72.1 Å². The predicted octanol–water partition coefficient (Wildman–Crippen LogP) is 3.36. The van der Waals surface area contributed by atoms with E-state index in [1.165, 1.54) is 5.56 Å². The molecule has 2 heterocycles. The summed E-state index contributed by atoms with van der Waals surface area (Å²) in [5.74, 6) is 0.316. The summed E-state index contributed by atoms with van der Waals surface area (Å²) in [7, 11) is 0. The van der Waals surface area contributed by atoms with Gasteiger partial charge in [-0.1, -0.05) is 30.3 Å². The average Bonchev–Trinajstić information content (AvgIpc) is 2.64. The van der Waals surface area contributed by atoms with Crippen LogP contribution in [0.4, 0.5) is 0 Å². The van der Waals surface area contributed by atoms with Gasteiger partial charge in [-0.3, -0.25) is 9.88 Å². The molecule has 1 aliphatic heterocycles. The molecule has 4 heteroatoms. The number of hydrogen-bond donors (Lipinski definition) is 1. The van der Waals surface area contributed by atoms with Crippen LogP contribution in [0.3, 0.4) is 0 Å². The SMILES string of the molecule is Oc1cc2cnccc2cc1C(c1ccccc1)N1CCOCC1. The van der Waals surface area contributed by atoms with Crippen LogP contribution in [0.2, 0.25) is 0 Å². The van der Waals surface area contributed by atoms with Crippen LogP contribution in [-0.4, -0.2) is 41.3 Å². The number of aromatic nitrogens is 1. The van der Waals surface area contributed by atoms with Gasteiger partial charge in [0, 0.05) is 36.4 Å². The molecule has 0 spiro atoms. The van der Waals surface area contributed by atoms with Gasteiger partial charge in [-0.2, -0.15) is 0 Å². The topological polar surface area (TPSA) is 45.6 Å². The third-order valence-corrected chi connectivity index (χ3v) is 4.61. The van der Waals surface area contributed by atoms with Gasteiger partial charge in [-0.15, -0.1) is 0 Å². The number of morpholine rings is 1. The Morgan fingerprint density at radius 2 is 1.79 bits per heavy atom. The molecule has 0 saturated carbocycles. The van der Waals surface area contributed by atoms with Gasteiger partial charge in [0.15, 0.2) is 0 Å². The molecule has 122 valence electrons. The van der Waals surface area contributed by atoms with Gasteiger partial charge in [0.25, 0.3) is 0 Å². The van der Waals surface area contributed by atoms with Crippen LogP contribution < -0.4 is 0 Å². The maximum atomic E-state index is 10.7. The third kappa shape index (κ3) is 2.86. The molecule has 1 N–H and O–H groups in total. The number of fused-ring (bicyclic) bond motifs is 1. The highest BCUT2D eigenvalue weighted by Gasteiger charge is 2.26. The summed E-state index contributed by atoms with van der Waals surface area (Å²) < 4.78 is 5.51. The van der Waals surface area contributed by atoms with E-state index in [0.717, 1.165) is 42.6 Å². The number of nitrogens with zero attached hydrogens (tertiary/aromatic N) is 2. The molecular weight excluding hydrogens is 300 g/mol. The zero-order valence-electron chi connectivity index (χ0n) is 13.4. The van der Waals surface area contributed by atoms with Crippen LogP contribution in [0.15, 0.2) is 60.9 Å². The lowest BCUT2D eigenvalue weighted by Gasteiger charge is -2.35. The van der Waals surface area contributed by atoms with E-state index in [0.29, 0.717) is 5.75 Å². The minimum Gasteiger partial charge on any atom is -0.508 e. The lowest BCUT2D eigenvalue weighted by Crippen LogP contribution is -2.39. The molecule has 0 amide bonds. The van der Waals surface area contributed by atoms with Crippen molar-refractivity contribution in [3.8, 4) is 5.75 Å². The molecule has 1 fully saturated rings. The lowest BCUT2D eigenvalue weighted by atomic mass is 9.94. The van der Waals surface area contributed by atoms with Crippen molar-refractivity contribution in [1.29, 1.82) is 0 Å². The molecule has 0 aliphatic carbocycles. The maximum absolute atomic E-state index is 10.7. The minimum absolute atomic E-state index is 0.0210. The zero-order chi connectivity index (χ0) is 16.4. The largest absolute Gasteiger partial charge is 0.508 e. The van der Waals surface area contributed by atoms with Crippen LogP contribution in [0.5, 0.6) is 5.75 Å². The van der Waals surface area contributed by atoms with Gasteiger partial charge < -0.3 is 9.84 Å². The number of benzene rings is 2. The molecule has 1 atom stereocenters. The van der Waals surface area contributed by atoms with E-state index in [9.17, 15) is 5.11 Å². The van der Waals surface area contributed by atoms with Gasteiger partial charge in [0.2, 0.25) is 0 Å². The van der Waals surface area contributed by atoms with Gasteiger partial charge >= 0.3 is 0 Å². The number of rotatable bonds is 3. The van der Waals surface area contributed by atoms with Crippen molar-refractivity contribution >= 4 is 10.8 Å². The fourth-order valence-corrected chi connectivity index (χ4v) is 3.42.